The normalized spacial score (nSPS) is 11.3. The van der Waals surface area contributed by atoms with Crippen molar-refractivity contribution in [1.29, 1.82) is 0 Å². The summed E-state index contributed by atoms with van der Waals surface area (Å²) in [5.74, 6) is 0. The molecule has 102 valence electrons. The molecule has 3 nitrogen and oxygen atoms in total. The van der Waals surface area contributed by atoms with E-state index in [0.717, 1.165) is 31.6 Å². The molecule has 2 aromatic rings. The number of hydrogen-bond donors (Lipinski definition) is 1. The van der Waals surface area contributed by atoms with Gasteiger partial charge in [-0.1, -0.05) is 24.3 Å². The van der Waals surface area contributed by atoms with Crippen LogP contribution in [0.4, 0.5) is 0 Å². The van der Waals surface area contributed by atoms with Crippen molar-refractivity contribution in [3.05, 3.63) is 42.1 Å². The SMILES string of the molecule is CC(C)OCCCNCc1cccc2cccnc12. The van der Waals surface area contributed by atoms with Crippen molar-refractivity contribution in [2.75, 3.05) is 13.2 Å². The first-order chi connectivity index (χ1) is 9.27. The van der Waals surface area contributed by atoms with Crippen LogP contribution in [0.5, 0.6) is 0 Å². The van der Waals surface area contributed by atoms with Gasteiger partial charge in [-0.05, 0) is 38.4 Å². The Morgan fingerprint density at radius 2 is 2.05 bits per heavy atom. The summed E-state index contributed by atoms with van der Waals surface area (Å²) in [7, 11) is 0. The highest BCUT2D eigenvalue weighted by Crippen LogP contribution is 2.15. The molecule has 2 rings (SSSR count). The Labute approximate surface area is 115 Å². The molecule has 0 saturated carbocycles. The van der Waals surface area contributed by atoms with Crippen molar-refractivity contribution in [2.24, 2.45) is 0 Å². The van der Waals surface area contributed by atoms with Gasteiger partial charge in [0.15, 0.2) is 0 Å². The lowest BCUT2D eigenvalue weighted by Crippen LogP contribution is -2.17. The molecule has 0 atom stereocenters. The van der Waals surface area contributed by atoms with E-state index in [9.17, 15) is 0 Å². The predicted octanol–water partition coefficient (Wildman–Crippen LogP) is 3.14. The molecule has 1 N–H and O–H groups in total. The van der Waals surface area contributed by atoms with Crippen molar-refractivity contribution in [3.63, 3.8) is 0 Å². The van der Waals surface area contributed by atoms with Gasteiger partial charge in [-0.2, -0.15) is 0 Å². The van der Waals surface area contributed by atoms with Crippen molar-refractivity contribution in [2.45, 2.75) is 32.9 Å². The van der Waals surface area contributed by atoms with Crippen LogP contribution in [0, 0.1) is 0 Å². The number of nitrogens with one attached hydrogen (secondary N) is 1. The lowest BCUT2D eigenvalue weighted by molar-refractivity contribution is 0.0770. The second kappa shape index (κ2) is 7.22. The summed E-state index contributed by atoms with van der Waals surface area (Å²) in [4.78, 5) is 4.45. The lowest BCUT2D eigenvalue weighted by Gasteiger charge is -2.09. The quantitative estimate of drug-likeness (QED) is 0.775. The highest BCUT2D eigenvalue weighted by molar-refractivity contribution is 5.81. The van der Waals surface area contributed by atoms with Gasteiger partial charge in [0.1, 0.15) is 0 Å². The van der Waals surface area contributed by atoms with E-state index in [1.54, 1.807) is 0 Å². The number of benzene rings is 1. The number of fused-ring (bicyclic) bond motifs is 1. The molecule has 1 aromatic carbocycles. The smallest absolute Gasteiger partial charge is 0.0746 e. The second-order valence-electron chi connectivity index (χ2n) is 4.94. The molecule has 1 heterocycles. The van der Waals surface area contributed by atoms with Crippen LogP contribution < -0.4 is 5.32 Å². The van der Waals surface area contributed by atoms with E-state index < -0.39 is 0 Å². The van der Waals surface area contributed by atoms with E-state index in [-0.39, 0.29) is 0 Å². The molecule has 0 amide bonds. The third kappa shape index (κ3) is 4.30. The van der Waals surface area contributed by atoms with Gasteiger partial charge in [-0.3, -0.25) is 4.98 Å². The molecule has 0 aliphatic rings. The van der Waals surface area contributed by atoms with E-state index in [1.165, 1.54) is 10.9 Å². The van der Waals surface area contributed by atoms with E-state index >= 15 is 0 Å². The summed E-state index contributed by atoms with van der Waals surface area (Å²) >= 11 is 0. The van der Waals surface area contributed by atoms with Crippen LogP contribution in [0.3, 0.4) is 0 Å². The average molecular weight is 258 g/mol. The minimum absolute atomic E-state index is 0.322. The van der Waals surface area contributed by atoms with Crippen LogP contribution in [0.1, 0.15) is 25.8 Å². The molecular weight excluding hydrogens is 236 g/mol. The Morgan fingerprint density at radius 3 is 2.89 bits per heavy atom. The molecule has 3 heteroatoms. The molecule has 0 aliphatic carbocycles. The zero-order valence-corrected chi connectivity index (χ0v) is 11.7. The van der Waals surface area contributed by atoms with Gasteiger partial charge in [-0.15, -0.1) is 0 Å². The van der Waals surface area contributed by atoms with Crippen LogP contribution >= 0.6 is 0 Å². The number of nitrogens with zero attached hydrogens (tertiary/aromatic N) is 1. The van der Waals surface area contributed by atoms with Gasteiger partial charge in [0.05, 0.1) is 11.6 Å². The Balaban J connectivity index is 1.82. The molecular formula is C16H22N2O. The summed E-state index contributed by atoms with van der Waals surface area (Å²) in [5, 5.41) is 4.65. The molecule has 0 radical (unpaired) electrons. The predicted molar refractivity (Wildman–Crippen MR) is 79.2 cm³/mol. The van der Waals surface area contributed by atoms with Crippen molar-refractivity contribution in [1.82, 2.24) is 10.3 Å². The fraction of sp³-hybridized carbons (Fsp3) is 0.438. The van der Waals surface area contributed by atoms with Crippen LogP contribution in [-0.2, 0) is 11.3 Å². The van der Waals surface area contributed by atoms with E-state index in [1.807, 2.05) is 12.3 Å². The zero-order valence-electron chi connectivity index (χ0n) is 11.7. The van der Waals surface area contributed by atoms with Gasteiger partial charge in [0.25, 0.3) is 0 Å². The summed E-state index contributed by atoms with van der Waals surface area (Å²) < 4.78 is 5.51. The topological polar surface area (TPSA) is 34.1 Å². The van der Waals surface area contributed by atoms with Gasteiger partial charge in [0.2, 0.25) is 0 Å². The molecule has 0 fully saturated rings. The molecule has 0 aliphatic heterocycles. The second-order valence-corrected chi connectivity index (χ2v) is 4.94. The summed E-state index contributed by atoms with van der Waals surface area (Å²) in [6.45, 7) is 6.77. The highest BCUT2D eigenvalue weighted by atomic mass is 16.5. The van der Waals surface area contributed by atoms with Crippen molar-refractivity contribution >= 4 is 10.9 Å². The molecule has 0 unspecified atom stereocenters. The maximum absolute atomic E-state index is 5.51. The number of rotatable bonds is 7. The Bertz CT molecular complexity index is 506. The van der Waals surface area contributed by atoms with Gasteiger partial charge >= 0.3 is 0 Å². The van der Waals surface area contributed by atoms with E-state index in [4.69, 9.17) is 4.74 Å². The van der Waals surface area contributed by atoms with Crippen LogP contribution in [0.2, 0.25) is 0 Å². The van der Waals surface area contributed by atoms with Gasteiger partial charge in [0, 0.05) is 24.7 Å². The third-order valence-electron chi connectivity index (χ3n) is 2.98. The molecule has 0 bridgehead atoms. The van der Waals surface area contributed by atoms with Crippen molar-refractivity contribution in [3.8, 4) is 0 Å². The zero-order chi connectivity index (χ0) is 13.5. The molecule has 0 saturated heterocycles. The monoisotopic (exact) mass is 258 g/mol. The first-order valence-electron chi connectivity index (χ1n) is 6.92. The van der Waals surface area contributed by atoms with Crippen LogP contribution in [0.25, 0.3) is 10.9 Å². The molecule has 19 heavy (non-hydrogen) atoms. The van der Waals surface area contributed by atoms with Crippen molar-refractivity contribution < 1.29 is 4.74 Å². The van der Waals surface area contributed by atoms with Gasteiger partial charge < -0.3 is 10.1 Å². The number of pyridine rings is 1. The average Bonchev–Trinajstić information content (AvgIpc) is 2.42. The lowest BCUT2D eigenvalue weighted by atomic mass is 10.1. The maximum atomic E-state index is 5.51. The van der Waals surface area contributed by atoms with Crippen LogP contribution in [0.15, 0.2) is 36.5 Å². The number of aromatic nitrogens is 1. The highest BCUT2D eigenvalue weighted by Gasteiger charge is 2.00. The molecule has 0 spiro atoms. The summed E-state index contributed by atoms with van der Waals surface area (Å²) in [5.41, 5.74) is 2.35. The summed E-state index contributed by atoms with van der Waals surface area (Å²) in [6, 6.07) is 10.4. The fourth-order valence-electron chi connectivity index (χ4n) is 2.05. The van der Waals surface area contributed by atoms with E-state index in [2.05, 4.69) is 48.4 Å². The Morgan fingerprint density at radius 1 is 1.21 bits per heavy atom. The van der Waals surface area contributed by atoms with Gasteiger partial charge in [-0.25, -0.2) is 0 Å². The molecule has 1 aromatic heterocycles. The first-order valence-corrected chi connectivity index (χ1v) is 6.92. The number of hydrogen-bond acceptors (Lipinski definition) is 3. The summed E-state index contributed by atoms with van der Waals surface area (Å²) in [6.07, 6.45) is 3.21. The standard InChI is InChI=1S/C16H22N2O/c1-13(2)19-11-5-9-17-12-15-7-3-6-14-8-4-10-18-16(14)15/h3-4,6-8,10,13,17H,5,9,11-12H2,1-2H3. The minimum Gasteiger partial charge on any atom is -0.379 e. The van der Waals surface area contributed by atoms with E-state index in [0.29, 0.717) is 6.10 Å². The first kappa shape index (κ1) is 14.0. The maximum Gasteiger partial charge on any atom is 0.0746 e. The Kier molecular flexibility index (Phi) is 5.31. The minimum atomic E-state index is 0.322. The number of ether oxygens (including phenoxy) is 1. The Hall–Kier alpha value is -1.45. The number of para-hydroxylation sites is 1. The fourth-order valence-corrected chi connectivity index (χ4v) is 2.05. The van der Waals surface area contributed by atoms with Crippen LogP contribution in [-0.4, -0.2) is 24.2 Å². The third-order valence-corrected chi connectivity index (χ3v) is 2.98. The largest absolute Gasteiger partial charge is 0.379 e.